The van der Waals surface area contributed by atoms with Crippen LogP contribution in [-0.2, 0) is 10.2 Å². The van der Waals surface area contributed by atoms with Gasteiger partial charge in [0.1, 0.15) is 0 Å². The number of fused-ring (bicyclic) bond motifs is 1. The van der Waals surface area contributed by atoms with Crippen LogP contribution in [0.25, 0.3) is 0 Å². The molecule has 0 unspecified atom stereocenters. The molecule has 4 rings (SSSR count). The fourth-order valence-electron chi connectivity index (χ4n) is 3.54. The van der Waals surface area contributed by atoms with E-state index in [1.54, 1.807) is 12.4 Å². The lowest BCUT2D eigenvalue weighted by Gasteiger charge is -2.45. The molecule has 0 spiro atoms. The Hall–Kier alpha value is -1.38. The Bertz CT molecular complexity index is 399. The van der Waals surface area contributed by atoms with E-state index in [0.717, 1.165) is 19.3 Å². The highest BCUT2D eigenvalue weighted by atomic mass is 16.4. The van der Waals surface area contributed by atoms with Crippen LogP contribution in [0.4, 0.5) is 0 Å². The maximum Gasteiger partial charge on any atom is 0.307 e. The zero-order chi connectivity index (χ0) is 10.5. The van der Waals surface area contributed by atoms with E-state index in [-0.39, 0.29) is 11.3 Å². The van der Waals surface area contributed by atoms with Crippen LogP contribution in [0.1, 0.15) is 24.8 Å². The molecule has 1 heterocycles. The number of nitrogens with zero attached hydrogens (tertiary/aromatic N) is 1. The van der Waals surface area contributed by atoms with Crippen molar-refractivity contribution < 1.29 is 9.90 Å². The van der Waals surface area contributed by atoms with Gasteiger partial charge in [-0.05, 0) is 42.9 Å². The van der Waals surface area contributed by atoms with Crippen molar-refractivity contribution in [1.82, 2.24) is 4.98 Å². The quantitative estimate of drug-likeness (QED) is 0.797. The number of aromatic nitrogens is 1. The Labute approximate surface area is 88.1 Å². The van der Waals surface area contributed by atoms with Crippen molar-refractivity contribution in [1.29, 1.82) is 0 Å². The number of carbonyl (C=O) groups is 1. The second kappa shape index (κ2) is 2.81. The van der Waals surface area contributed by atoms with E-state index in [0.29, 0.717) is 5.92 Å². The summed E-state index contributed by atoms with van der Waals surface area (Å²) in [5, 5.41) is 9.22. The van der Waals surface area contributed by atoms with E-state index in [1.165, 1.54) is 5.56 Å². The molecule has 3 atom stereocenters. The Balaban J connectivity index is 2.02. The van der Waals surface area contributed by atoms with E-state index in [1.807, 2.05) is 12.1 Å². The highest BCUT2D eigenvalue weighted by molar-refractivity contribution is 5.75. The molecule has 15 heavy (non-hydrogen) atoms. The molecule has 0 radical (unpaired) electrons. The van der Waals surface area contributed by atoms with Gasteiger partial charge in [-0.25, -0.2) is 0 Å². The Morgan fingerprint density at radius 1 is 1.47 bits per heavy atom. The zero-order valence-electron chi connectivity index (χ0n) is 8.39. The summed E-state index contributed by atoms with van der Waals surface area (Å²) in [4.78, 5) is 15.2. The first-order valence-corrected chi connectivity index (χ1v) is 5.37. The van der Waals surface area contributed by atoms with Crippen LogP contribution >= 0.6 is 0 Å². The van der Waals surface area contributed by atoms with Crippen molar-refractivity contribution in [3.8, 4) is 0 Å². The normalized spacial score (nSPS) is 37.3. The van der Waals surface area contributed by atoms with Crippen molar-refractivity contribution in [2.45, 2.75) is 24.7 Å². The lowest BCUT2D eigenvalue weighted by molar-refractivity contribution is -0.150. The number of rotatable bonds is 2. The summed E-state index contributed by atoms with van der Waals surface area (Å²) >= 11 is 0. The molecule has 3 heteroatoms. The summed E-state index contributed by atoms with van der Waals surface area (Å²) in [7, 11) is 0. The molecule has 3 fully saturated rings. The topological polar surface area (TPSA) is 50.2 Å². The fourth-order valence-corrected chi connectivity index (χ4v) is 3.54. The minimum Gasteiger partial charge on any atom is -0.481 e. The van der Waals surface area contributed by atoms with Crippen molar-refractivity contribution in [2.75, 3.05) is 0 Å². The van der Waals surface area contributed by atoms with Crippen LogP contribution in [-0.4, -0.2) is 16.1 Å². The smallest absolute Gasteiger partial charge is 0.307 e. The zero-order valence-corrected chi connectivity index (χ0v) is 8.39. The monoisotopic (exact) mass is 203 g/mol. The number of aliphatic carboxylic acids is 1. The summed E-state index contributed by atoms with van der Waals surface area (Å²) < 4.78 is 0. The van der Waals surface area contributed by atoms with Gasteiger partial charge in [0.25, 0.3) is 0 Å². The summed E-state index contributed by atoms with van der Waals surface area (Å²) in [5.41, 5.74) is 1.10. The van der Waals surface area contributed by atoms with Crippen molar-refractivity contribution in [3.05, 3.63) is 30.1 Å². The number of hydrogen-bond donors (Lipinski definition) is 1. The molecule has 0 aliphatic heterocycles. The van der Waals surface area contributed by atoms with Gasteiger partial charge in [0.05, 0.1) is 5.92 Å². The van der Waals surface area contributed by atoms with Gasteiger partial charge in [0.15, 0.2) is 0 Å². The minimum absolute atomic E-state index is 0.0700. The molecule has 3 aliphatic rings. The van der Waals surface area contributed by atoms with Gasteiger partial charge in [0, 0.05) is 17.8 Å². The van der Waals surface area contributed by atoms with Gasteiger partial charge in [-0.1, -0.05) is 0 Å². The SMILES string of the molecule is O=C(O)[C@H]1[C@H]2CC[C@]1(c1ccncc1)C2. The molecular formula is C12H13NO2. The molecule has 0 amide bonds. The predicted octanol–water partition coefficient (Wildman–Crippen LogP) is 1.83. The molecule has 78 valence electrons. The van der Waals surface area contributed by atoms with Gasteiger partial charge < -0.3 is 5.11 Å². The third-order valence-electron chi connectivity index (χ3n) is 4.18. The molecule has 3 saturated carbocycles. The van der Waals surface area contributed by atoms with Crippen LogP contribution in [0.15, 0.2) is 24.5 Å². The van der Waals surface area contributed by atoms with E-state index >= 15 is 0 Å². The first-order valence-electron chi connectivity index (χ1n) is 5.37. The van der Waals surface area contributed by atoms with Gasteiger partial charge in [-0.15, -0.1) is 0 Å². The lowest BCUT2D eigenvalue weighted by atomic mass is 9.57. The average molecular weight is 203 g/mol. The van der Waals surface area contributed by atoms with E-state index in [9.17, 15) is 9.90 Å². The predicted molar refractivity (Wildman–Crippen MR) is 54.4 cm³/mol. The summed E-state index contributed by atoms with van der Waals surface area (Å²) in [6.45, 7) is 0. The fraction of sp³-hybridized carbons (Fsp3) is 0.500. The number of hydrogen-bond acceptors (Lipinski definition) is 2. The Morgan fingerprint density at radius 2 is 2.20 bits per heavy atom. The molecule has 1 N–H and O–H groups in total. The van der Waals surface area contributed by atoms with Crippen molar-refractivity contribution in [3.63, 3.8) is 0 Å². The standard InChI is InChI=1S/C12H13NO2/c14-11(15)10-8-1-4-12(10,7-8)9-2-5-13-6-3-9/h2-3,5-6,8,10H,1,4,7H2,(H,14,15)/t8-,10+,12+/m0/s1. The second-order valence-electron chi connectivity index (χ2n) is 4.71. The van der Waals surface area contributed by atoms with E-state index < -0.39 is 5.97 Å². The van der Waals surface area contributed by atoms with E-state index in [2.05, 4.69) is 4.98 Å². The second-order valence-corrected chi connectivity index (χ2v) is 4.71. The average Bonchev–Trinajstić information content (AvgIpc) is 2.76. The number of carboxylic acid groups (broad SMARTS) is 1. The summed E-state index contributed by atoms with van der Waals surface area (Å²) in [6, 6.07) is 3.94. The third-order valence-corrected chi connectivity index (χ3v) is 4.18. The van der Waals surface area contributed by atoms with E-state index in [4.69, 9.17) is 0 Å². The highest BCUT2D eigenvalue weighted by Gasteiger charge is 2.62. The number of carboxylic acids is 1. The molecular weight excluding hydrogens is 190 g/mol. The van der Waals surface area contributed by atoms with Gasteiger partial charge >= 0.3 is 5.97 Å². The van der Waals surface area contributed by atoms with Crippen LogP contribution in [0.5, 0.6) is 0 Å². The molecule has 2 bridgehead atoms. The molecule has 0 aromatic carbocycles. The van der Waals surface area contributed by atoms with Crippen LogP contribution in [0.2, 0.25) is 0 Å². The summed E-state index contributed by atoms with van der Waals surface area (Å²) in [6.07, 6.45) is 6.66. The first kappa shape index (κ1) is 8.89. The number of pyridine rings is 1. The van der Waals surface area contributed by atoms with Crippen LogP contribution < -0.4 is 0 Å². The lowest BCUT2D eigenvalue weighted by Crippen LogP contribution is -2.48. The largest absolute Gasteiger partial charge is 0.481 e. The summed E-state index contributed by atoms with van der Waals surface area (Å²) in [5.74, 6) is -0.365. The maximum absolute atomic E-state index is 11.2. The van der Waals surface area contributed by atoms with Gasteiger partial charge in [-0.2, -0.15) is 0 Å². The van der Waals surface area contributed by atoms with Gasteiger partial charge in [-0.3, -0.25) is 9.78 Å². The molecule has 1 aromatic rings. The van der Waals surface area contributed by atoms with Crippen LogP contribution in [0.3, 0.4) is 0 Å². The van der Waals surface area contributed by atoms with Gasteiger partial charge in [0.2, 0.25) is 0 Å². The first-order chi connectivity index (χ1) is 7.24. The molecule has 3 aliphatic carbocycles. The Morgan fingerprint density at radius 3 is 2.80 bits per heavy atom. The molecule has 3 nitrogen and oxygen atoms in total. The highest BCUT2D eigenvalue weighted by Crippen LogP contribution is 2.63. The Kier molecular flexibility index (Phi) is 1.67. The minimum atomic E-state index is -0.624. The maximum atomic E-state index is 11.2. The van der Waals surface area contributed by atoms with Crippen molar-refractivity contribution in [2.24, 2.45) is 11.8 Å². The van der Waals surface area contributed by atoms with Crippen LogP contribution in [0, 0.1) is 11.8 Å². The van der Waals surface area contributed by atoms with Crippen molar-refractivity contribution >= 4 is 5.97 Å². The molecule has 0 saturated heterocycles. The molecule has 1 aromatic heterocycles. The third kappa shape index (κ3) is 1.01.